The van der Waals surface area contributed by atoms with Crippen LogP contribution in [0.4, 0.5) is 5.82 Å². The molecule has 0 bridgehead atoms. The van der Waals surface area contributed by atoms with Gasteiger partial charge in [0.2, 0.25) is 18.6 Å². The number of benzene rings is 4. The first-order chi connectivity index (χ1) is 21.5. The van der Waals surface area contributed by atoms with Gasteiger partial charge in [0.1, 0.15) is 12.4 Å². The number of fused-ring (bicyclic) bond motifs is 2. The molecule has 0 radical (unpaired) electrons. The Morgan fingerprint density at radius 2 is 1.66 bits per heavy atom. The number of carbonyl (C=O) groups excluding carboxylic acids is 2. The minimum Gasteiger partial charge on any atom is -0.454 e. The number of anilines is 1. The van der Waals surface area contributed by atoms with Crippen molar-refractivity contribution in [2.75, 3.05) is 24.0 Å². The highest BCUT2D eigenvalue weighted by Gasteiger charge is 2.38. The van der Waals surface area contributed by atoms with Gasteiger partial charge in [-0.3, -0.25) is 14.5 Å². The summed E-state index contributed by atoms with van der Waals surface area (Å²) in [6.07, 6.45) is 0. The van der Waals surface area contributed by atoms with Gasteiger partial charge in [0.25, 0.3) is 0 Å². The lowest BCUT2D eigenvalue weighted by molar-refractivity contribution is -0.123. The summed E-state index contributed by atoms with van der Waals surface area (Å²) in [5.41, 5.74) is 6.39. The lowest BCUT2D eigenvalue weighted by Gasteiger charge is -2.23. The first kappa shape index (κ1) is 27.8. The summed E-state index contributed by atoms with van der Waals surface area (Å²) in [6.45, 7) is 2.43. The van der Waals surface area contributed by atoms with Gasteiger partial charge < -0.3 is 14.8 Å². The van der Waals surface area contributed by atoms with Gasteiger partial charge in [-0.1, -0.05) is 84.4 Å². The quantitative estimate of drug-likeness (QED) is 0.244. The molecule has 5 aromatic rings. The highest BCUT2D eigenvalue weighted by atomic mass is 32.2. The molecule has 0 fully saturated rings. The minimum atomic E-state index is -0.268. The number of rotatable bonds is 7. The smallest absolute Gasteiger partial charge is 0.240 e. The van der Waals surface area contributed by atoms with Gasteiger partial charge in [-0.2, -0.15) is 5.10 Å². The van der Waals surface area contributed by atoms with Crippen LogP contribution in [0.15, 0.2) is 103 Å². The lowest BCUT2D eigenvalue weighted by atomic mass is 9.99. The summed E-state index contributed by atoms with van der Waals surface area (Å²) in [6, 6.07) is 33.6. The Morgan fingerprint density at radius 3 is 2.43 bits per heavy atom. The molecule has 2 amide bonds. The number of nitrogens with one attached hydrogen (secondary N) is 1. The predicted octanol–water partition coefficient (Wildman–Crippen LogP) is 6.06. The molecule has 9 heteroatoms. The third-order valence-electron chi connectivity index (χ3n) is 7.75. The monoisotopic (exact) mass is 602 g/mol. The van der Waals surface area contributed by atoms with Crippen molar-refractivity contribution in [1.82, 2.24) is 15.1 Å². The molecular weight excluding hydrogens is 572 g/mol. The Hall–Kier alpha value is -5.02. The van der Waals surface area contributed by atoms with Crippen molar-refractivity contribution in [2.24, 2.45) is 0 Å². The summed E-state index contributed by atoms with van der Waals surface area (Å²) in [5, 5.41) is 7.89. The van der Waals surface area contributed by atoms with Crippen LogP contribution in [0.2, 0.25) is 0 Å². The molecule has 0 aliphatic carbocycles. The van der Waals surface area contributed by atoms with Crippen LogP contribution in [0.1, 0.15) is 27.5 Å². The van der Waals surface area contributed by atoms with Gasteiger partial charge in [0, 0.05) is 17.7 Å². The number of nitrogens with zero attached hydrogens (tertiary/aromatic N) is 3. The number of aryl methyl sites for hydroxylation is 1. The molecule has 3 heterocycles. The van der Waals surface area contributed by atoms with Crippen molar-refractivity contribution in [1.29, 1.82) is 0 Å². The highest BCUT2D eigenvalue weighted by Crippen LogP contribution is 2.50. The Morgan fingerprint density at radius 1 is 0.932 bits per heavy atom. The molecule has 8 nitrogen and oxygen atoms in total. The van der Waals surface area contributed by atoms with Crippen LogP contribution in [-0.2, 0) is 16.1 Å². The largest absolute Gasteiger partial charge is 0.454 e. The first-order valence-corrected chi connectivity index (χ1v) is 15.5. The first-order valence-electron chi connectivity index (χ1n) is 14.4. The van der Waals surface area contributed by atoms with E-state index in [4.69, 9.17) is 14.6 Å². The highest BCUT2D eigenvalue weighted by molar-refractivity contribution is 8.00. The molecule has 0 spiro atoms. The Balaban J connectivity index is 1.38. The minimum absolute atomic E-state index is 0.140. The van der Waals surface area contributed by atoms with E-state index in [-0.39, 0.29) is 36.2 Å². The number of amides is 2. The van der Waals surface area contributed by atoms with Crippen LogP contribution in [0.5, 0.6) is 11.5 Å². The van der Waals surface area contributed by atoms with Crippen LogP contribution in [0.25, 0.3) is 16.9 Å². The summed E-state index contributed by atoms with van der Waals surface area (Å²) in [5.74, 6) is 1.71. The molecule has 1 N–H and O–H groups in total. The van der Waals surface area contributed by atoms with E-state index in [2.05, 4.69) is 5.32 Å². The topological polar surface area (TPSA) is 85.7 Å². The molecule has 2 aliphatic rings. The van der Waals surface area contributed by atoms with Gasteiger partial charge in [0.15, 0.2) is 11.5 Å². The van der Waals surface area contributed by atoms with Crippen molar-refractivity contribution < 1.29 is 19.1 Å². The van der Waals surface area contributed by atoms with Crippen LogP contribution in [0.3, 0.4) is 0 Å². The fourth-order valence-electron chi connectivity index (χ4n) is 5.53. The fraction of sp³-hybridized carbons (Fsp3) is 0.171. The van der Waals surface area contributed by atoms with Gasteiger partial charge in [0.05, 0.1) is 22.4 Å². The van der Waals surface area contributed by atoms with Crippen molar-refractivity contribution >= 4 is 29.4 Å². The van der Waals surface area contributed by atoms with Crippen LogP contribution < -0.4 is 19.7 Å². The van der Waals surface area contributed by atoms with E-state index in [1.54, 1.807) is 4.90 Å². The SMILES string of the molecule is Cc1ccc(-n2nc(-c3ccccc3)c3c2N(CC(=O)NCc2ccccc2)C(=O)CSC3c2ccc3c(c2)OCO3)cc1. The molecule has 1 atom stereocenters. The van der Waals surface area contributed by atoms with Crippen molar-refractivity contribution in [3.05, 3.63) is 125 Å². The standard InChI is InChI=1S/C35H30N4O4S/c1-23-12-15-27(16-13-23)39-35-32(33(37-39)25-10-6-3-7-11-25)34(26-14-17-28-29(18-26)43-22-42-28)44-21-31(41)38(35)20-30(40)36-19-24-8-4-2-5-9-24/h2-18,34H,19-22H2,1H3,(H,36,40). The van der Waals surface area contributed by atoms with E-state index in [0.717, 1.165) is 39.2 Å². The summed E-state index contributed by atoms with van der Waals surface area (Å²) in [4.78, 5) is 29.0. The zero-order valence-corrected chi connectivity index (χ0v) is 24.9. The number of ether oxygens (including phenoxy) is 2. The summed E-state index contributed by atoms with van der Waals surface area (Å²) in [7, 11) is 0. The Labute approximate surface area is 259 Å². The Bertz CT molecular complexity index is 1820. The summed E-state index contributed by atoms with van der Waals surface area (Å²) >= 11 is 1.52. The third kappa shape index (κ3) is 5.42. The molecule has 220 valence electrons. The van der Waals surface area contributed by atoms with Crippen molar-refractivity contribution in [2.45, 2.75) is 18.7 Å². The van der Waals surface area contributed by atoms with Crippen molar-refractivity contribution in [3.8, 4) is 28.4 Å². The molecule has 1 aromatic heterocycles. The predicted molar refractivity (Wildman–Crippen MR) is 171 cm³/mol. The van der Waals surface area contributed by atoms with E-state index in [1.807, 2.05) is 115 Å². The van der Waals surface area contributed by atoms with E-state index < -0.39 is 0 Å². The van der Waals surface area contributed by atoms with Gasteiger partial charge >= 0.3 is 0 Å². The van der Waals surface area contributed by atoms with E-state index in [1.165, 1.54) is 11.8 Å². The normalized spacial score (nSPS) is 15.5. The number of hydrogen-bond donors (Lipinski definition) is 1. The maximum Gasteiger partial charge on any atom is 0.240 e. The second-order valence-electron chi connectivity index (χ2n) is 10.7. The van der Waals surface area contributed by atoms with Crippen molar-refractivity contribution in [3.63, 3.8) is 0 Å². The molecule has 2 aliphatic heterocycles. The molecule has 7 rings (SSSR count). The maximum atomic E-state index is 14.0. The van der Waals surface area contributed by atoms with Gasteiger partial charge in [-0.05, 0) is 42.3 Å². The zero-order chi connectivity index (χ0) is 30.0. The van der Waals surface area contributed by atoms with Crippen LogP contribution in [0, 0.1) is 6.92 Å². The number of carbonyl (C=O) groups is 2. The molecular formula is C35H30N4O4S. The fourth-order valence-corrected chi connectivity index (χ4v) is 6.72. The second-order valence-corrected chi connectivity index (χ2v) is 11.8. The molecule has 44 heavy (non-hydrogen) atoms. The number of thioether (sulfide) groups is 1. The molecule has 1 unspecified atom stereocenters. The van der Waals surface area contributed by atoms with Gasteiger partial charge in [-0.25, -0.2) is 4.68 Å². The molecule has 0 saturated carbocycles. The average Bonchev–Trinajstić information content (AvgIpc) is 3.66. The van der Waals surface area contributed by atoms with Gasteiger partial charge in [-0.15, -0.1) is 11.8 Å². The van der Waals surface area contributed by atoms with E-state index in [9.17, 15) is 9.59 Å². The maximum absolute atomic E-state index is 14.0. The summed E-state index contributed by atoms with van der Waals surface area (Å²) < 4.78 is 13.1. The van der Waals surface area contributed by atoms with E-state index >= 15 is 0 Å². The van der Waals surface area contributed by atoms with E-state index in [0.29, 0.717) is 23.9 Å². The van der Waals surface area contributed by atoms with Crippen LogP contribution in [-0.4, -0.2) is 40.7 Å². The third-order valence-corrected chi connectivity index (χ3v) is 9.00. The lowest BCUT2D eigenvalue weighted by Crippen LogP contribution is -2.42. The number of hydrogen-bond acceptors (Lipinski definition) is 6. The zero-order valence-electron chi connectivity index (χ0n) is 24.1. The second kappa shape index (κ2) is 11.9. The molecule has 0 saturated heterocycles. The molecule has 4 aromatic carbocycles. The average molecular weight is 603 g/mol. The Kier molecular flexibility index (Phi) is 7.54. The number of aromatic nitrogens is 2. The van der Waals surface area contributed by atoms with Crippen LogP contribution >= 0.6 is 11.8 Å².